The Labute approximate surface area is 85.9 Å². The van der Waals surface area contributed by atoms with Crippen molar-refractivity contribution in [3.8, 4) is 18.2 Å². The van der Waals surface area contributed by atoms with Gasteiger partial charge in [-0.25, -0.2) is 4.98 Å². The number of nitrogens with zero attached hydrogens (tertiary/aromatic N) is 2. The summed E-state index contributed by atoms with van der Waals surface area (Å²) in [5.41, 5.74) is 0. The quantitative estimate of drug-likeness (QED) is 0.333. The van der Waals surface area contributed by atoms with E-state index in [0.29, 0.717) is 16.2 Å². The molecule has 0 amide bonds. The Bertz CT molecular complexity index is 337. The highest BCUT2D eigenvalue weighted by Crippen LogP contribution is 2.18. The summed E-state index contributed by atoms with van der Waals surface area (Å²) >= 11 is 7.10. The summed E-state index contributed by atoms with van der Waals surface area (Å²) in [6.07, 6.45) is 6.89. The number of halogens is 1. The van der Waals surface area contributed by atoms with E-state index < -0.39 is 0 Å². The van der Waals surface area contributed by atoms with Crippen molar-refractivity contribution in [3.63, 3.8) is 0 Å². The lowest BCUT2D eigenvalue weighted by Crippen LogP contribution is -1.98. The van der Waals surface area contributed by atoms with E-state index in [1.165, 1.54) is 17.8 Å². The molecule has 0 aliphatic carbocycles. The molecule has 3 nitrogen and oxygen atoms in total. The van der Waals surface area contributed by atoms with Gasteiger partial charge in [0.25, 0.3) is 0 Å². The number of rotatable bonds is 3. The van der Waals surface area contributed by atoms with Crippen molar-refractivity contribution in [2.75, 3.05) is 12.9 Å². The Morgan fingerprint density at radius 2 is 2.46 bits per heavy atom. The second-order valence-corrected chi connectivity index (χ2v) is 3.17. The van der Waals surface area contributed by atoms with Gasteiger partial charge >= 0.3 is 0 Å². The molecule has 5 heteroatoms. The average Bonchev–Trinajstić information content (AvgIpc) is 2.14. The summed E-state index contributed by atoms with van der Waals surface area (Å²) in [4.78, 5) is 7.99. The molecule has 0 aliphatic heterocycles. The molecule has 13 heavy (non-hydrogen) atoms. The molecule has 0 unspecified atom stereocenters. The van der Waals surface area contributed by atoms with Crippen molar-refractivity contribution in [2.45, 2.75) is 5.16 Å². The first kappa shape index (κ1) is 10.2. The maximum Gasteiger partial charge on any atom is 0.219 e. The summed E-state index contributed by atoms with van der Waals surface area (Å²) < 4.78 is 5.09. The minimum Gasteiger partial charge on any atom is -0.464 e. The van der Waals surface area contributed by atoms with Crippen molar-refractivity contribution in [2.24, 2.45) is 0 Å². The van der Waals surface area contributed by atoms with Crippen LogP contribution < -0.4 is 4.74 Å². The number of thioether (sulfide) groups is 1. The normalized spacial score (nSPS) is 9.31. The Kier molecular flexibility index (Phi) is 3.87. The van der Waals surface area contributed by atoms with Crippen LogP contribution in [0, 0.1) is 12.3 Å². The SMILES string of the molecule is C#CCOc1cc(Cl)nc(SC)n1. The van der Waals surface area contributed by atoms with Crippen LogP contribution >= 0.6 is 23.4 Å². The van der Waals surface area contributed by atoms with Crippen LogP contribution in [0.4, 0.5) is 0 Å². The van der Waals surface area contributed by atoms with E-state index in [2.05, 4.69) is 15.9 Å². The van der Waals surface area contributed by atoms with Crippen molar-refractivity contribution >= 4 is 23.4 Å². The van der Waals surface area contributed by atoms with E-state index in [4.69, 9.17) is 22.8 Å². The number of aromatic nitrogens is 2. The predicted molar refractivity (Wildman–Crippen MR) is 53.2 cm³/mol. The molecule has 68 valence electrons. The summed E-state index contributed by atoms with van der Waals surface area (Å²) in [6.45, 7) is 0.182. The number of hydrogen-bond donors (Lipinski definition) is 0. The Morgan fingerprint density at radius 1 is 1.69 bits per heavy atom. The van der Waals surface area contributed by atoms with Gasteiger partial charge in [0.1, 0.15) is 5.15 Å². The third-order valence-corrected chi connectivity index (χ3v) is 1.88. The van der Waals surface area contributed by atoms with E-state index >= 15 is 0 Å². The van der Waals surface area contributed by atoms with Crippen LogP contribution in [-0.4, -0.2) is 22.8 Å². The first-order valence-electron chi connectivity index (χ1n) is 3.41. The molecule has 1 aromatic heterocycles. The van der Waals surface area contributed by atoms with Gasteiger partial charge in [0.05, 0.1) is 0 Å². The third-order valence-electron chi connectivity index (χ3n) is 1.14. The first-order valence-corrected chi connectivity index (χ1v) is 5.01. The zero-order valence-corrected chi connectivity index (χ0v) is 8.52. The lowest BCUT2D eigenvalue weighted by atomic mass is 10.6. The molecule has 0 bridgehead atoms. The van der Waals surface area contributed by atoms with Crippen LogP contribution in [0.1, 0.15) is 0 Å². The van der Waals surface area contributed by atoms with E-state index in [-0.39, 0.29) is 6.61 Å². The van der Waals surface area contributed by atoms with Gasteiger partial charge in [-0.3, -0.25) is 0 Å². The number of ether oxygens (including phenoxy) is 1. The largest absolute Gasteiger partial charge is 0.464 e. The van der Waals surface area contributed by atoms with Crippen molar-refractivity contribution in [1.82, 2.24) is 9.97 Å². The Balaban J connectivity index is 2.83. The lowest BCUT2D eigenvalue weighted by molar-refractivity contribution is 0.351. The van der Waals surface area contributed by atoms with Gasteiger partial charge in [-0.1, -0.05) is 29.3 Å². The second-order valence-electron chi connectivity index (χ2n) is 2.01. The van der Waals surface area contributed by atoms with Crippen LogP contribution in [0.25, 0.3) is 0 Å². The zero-order chi connectivity index (χ0) is 9.68. The first-order chi connectivity index (χ1) is 6.26. The van der Waals surface area contributed by atoms with Crippen molar-refractivity contribution < 1.29 is 4.74 Å². The zero-order valence-electron chi connectivity index (χ0n) is 6.95. The molecule has 1 aromatic rings. The van der Waals surface area contributed by atoms with Crippen LogP contribution in [0.3, 0.4) is 0 Å². The summed E-state index contributed by atoms with van der Waals surface area (Å²) in [5.74, 6) is 2.75. The van der Waals surface area contributed by atoms with Gasteiger partial charge in [-0.05, 0) is 6.26 Å². The Hall–Kier alpha value is -0.920. The van der Waals surface area contributed by atoms with E-state index in [9.17, 15) is 0 Å². The average molecular weight is 215 g/mol. The fourth-order valence-corrected chi connectivity index (χ4v) is 1.25. The fraction of sp³-hybridized carbons (Fsp3) is 0.250. The van der Waals surface area contributed by atoms with Crippen LogP contribution in [0.5, 0.6) is 5.88 Å². The molecule has 1 rings (SSSR count). The Morgan fingerprint density at radius 3 is 3.08 bits per heavy atom. The molecule has 0 fully saturated rings. The fourth-order valence-electron chi connectivity index (χ4n) is 0.658. The van der Waals surface area contributed by atoms with Crippen LogP contribution in [-0.2, 0) is 0 Å². The standard InChI is InChI=1S/C8H7ClN2OS/c1-3-4-12-7-5-6(9)10-8(11-7)13-2/h1,5H,4H2,2H3. The molecule has 0 aliphatic rings. The summed E-state index contributed by atoms with van der Waals surface area (Å²) in [6, 6.07) is 1.53. The van der Waals surface area contributed by atoms with Gasteiger partial charge in [-0.2, -0.15) is 4.98 Å². The summed E-state index contributed by atoms with van der Waals surface area (Å²) in [5, 5.41) is 0.922. The maximum absolute atomic E-state index is 5.71. The monoisotopic (exact) mass is 214 g/mol. The van der Waals surface area contributed by atoms with Gasteiger partial charge in [0, 0.05) is 6.07 Å². The van der Waals surface area contributed by atoms with Crippen LogP contribution in [0.2, 0.25) is 5.15 Å². The van der Waals surface area contributed by atoms with Gasteiger partial charge in [0.2, 0.25) is 5.88 Å². The highest BCUT2D eigenvalue weighted by Gasteiger charge is 2.02. The lowest BCUT2D eigenvalue weighted by Gasteiger charge is -2.02. The molecular weight excluding hydrogens is 208 g/mol. The molecule has 0 N–H and O–H groups in total. The third kappa shape index (κ3) is 3.13. The van der Waals surface area contributed by atoms with E-state index in [0.717, 1.165) is 0 Å². The van der Waals surface area contributed by atoms with Gasteiger partial charge in [-0.15, -0.1) is 6.42 Å². The molecule has 0 spiro atoms. The maximum atomic E-state index is 5.71. The highest BCUT2D eigenvalue weighted by molar-refractivity contribution is 7.98. The molecular formula is C8H7ClN2OS. The molecule has 0 atom stereocenters. The minimum atomic E-state index is 0.182. The number of terminal acetylenes is 1. The second kappa shape index (κ2) is 4.95. The molecule has 0 radical (unpaired) electrons. The number of hydrogen-bond acceptors (Lipinski definition) is 4. The van der Waals surface area contributed by atoms with Crippen molar-refractivity contribution in [3.05, 3.63) is 11.2 Å². The molecule has 0 saturated carbocycles. The smallest absolute Gasteiger partial charge is 0.219 e. The molecule has 1 heterocycles. The minimum absolute atomic E-state index is 0.182. The van der Waals surface area contributed by atoms with E-state index in [1.54, 1.807) is 0 Å². The highest BCUT2D eigenvalue weighted by atomic mass is 35.5. The van der Waals surface area contributed by atoms with Crippen LogP contribution in [0.15, 0.2) is 11.2 Å². The molecule has 0 aromatic carbocycles. The van der Waals surface area contributed by atoms with Crippen molar-refractivity contribution in [1.29, 1.82) is 0 Å². The molecule has 0 saturated heterocycles. The summed E-state index contributed by atoms with van der Waals surface area (Å²) in [7, 11) is 0. The van der Waals surface area contributed by atoms with Gasteiger partial charge in [0.15, 0.2) is 11.8 Å². The van der Waals surface area contributed by atoms with Gasteiger partial charge < -0.3 is 4.74 Å². The van der Waals surface area contributed by atoms with E-state index in [1.807, 2.05) is 6.26 Å². The predicted octanol–water partition coefficient (Wildman–Crippen LogP) is 1.86. The topological polar surface area (TPSA) is 35.0 Å².